The summed E-state index contributed by atoms with van der Waals surface area (Å²) in [6, 6.07) is 20.1. The van der Waals surface area contributed by atoms with Crippen LogP contribution in [-0.4, -0.2) is 6.21 Å². The average molecular weight is 288 g/mol. The van der Waals surface area contributed by atoms with E-state index in [9.17, 15) is 0 Å². The number of aliphatic imine (C=N–C) groups is 1. The average Bonchev–Trinajstić information content (AvgIpc) is 2.56. The predicted molar refractivity (Wildman–Crippen MR) is 83.0 cm³/mol. The van der Waals surface area contributed by atoms with Crippen molar-refractivity contribution in [2.75, 3.05) is 0 Å². The maximum Gasteiger partial charge on any atom is 0.174 e. The number of hydrogen-bond acceptors (Lipinski definition) is 5. The first-order chi connectivity index (χ1) is 10.7. The van der Waals surface area contributed by atoms with Crippen molar-refractivity contribution in [1.82, 2.24) is 0 Å². The highest BCUT2D eigenvalue weighted by Gasteiger charge is 2.00. The van der Waals surface area contributed by atoms with Gasteiger partial charge in [-0.05, 0) is 29.8 Å². The number of benzene rings is 2. The molecule has 0 bridgehead atoms. The van der Waals surface area contributed by atoms with Crippen molar-refractivity contribution in [2.24, 2.45) is 10.7 Å². The van der Waals surface area contributed by atoms with Gasteiger partial charge < -0.3 is 10.5 Å². The lowest BCUT2D eigenvalue weighted by Gasteiger charge is -2.05. The highest BCUT2D eigenvalue weighted by molar-refractivity contribution is 5.81. The third-order valence-corrected chi connectivity index (χ3v) is 2.66. The van der Waals surface area contributed by atoms with Crippen LogP contribution in [0.2, 0.25) is 0 Å². The molecule has 0 spiro atoms. The fourth-order valence-corrected chi connectivity index (χ4v) is 1.63. The Morgan fingerprint density at radius 3 is 2.41 bits per heavy atom. The highest BCUT2D eigenvalue weighted by atomic mass is 16.5. The Labute approximate surface area is 128 Å². The van der Waals surface area contributed by atoms with Gasteiger partial charge in [0.25, 0.3) is 0 Å². The van der Waals surface area contributed by atoms with Crippen LogP contribution in [0.5, 0.6) is 11.5 Å². The minimum absolute atomic E-state index is 0.114. The van der Waals surface area contributed by atoms with Gasteiger partial charge in [-0.15, -0.1) is 0 Å². The van der Waals surface area contributed by atoms with Gasteiger partial charge in [0, 0.05) is 6.21 Å². The van der Waals surface area contributed by atoms with Crippen LogP contribution in [0.25, 0.3) is 0 Å². The molecule has 2 N–H and O–H groups in total. The first-order valence-corrected chi connectivity index (χ1v) is 6.40. The number of para-hydroxylation sites is 1. The molecule has 0 heterocycles. The molecule has 0 saturated carbocycles. The van der Waals surface area contributed by atoms with E-state index in [0.717, 1.165) is 11.3 Å². The van der Waals surface area contributed by atoms with E-state index in [-0.39, 0.29) is 11.4 Å². The van der Waals surface area contributed by atoms with Crippen molar-refractivity contribution < 1.29 is 4.74 Å². The lowest BCUT2D eigenvalue weighted by atomic mass is 10.2. The standard InChI is InChI=1S/C17H12N4O/c18-10-16(20)17(11-19)21-12-13-5-4-8-15(9-13)22-14-6-2-1-3-7-14/h1-9,12H,20H2/b17-16-,21-12?. The fourth-order valence-electron chi connectivity index (χ4n) is 1.63. The van der Waals surface area contributed by atoms with Gasteiger partial charge in [-0.3, -0.25) is 0 Å². The van der Waals surface area contributed by atoms with Gasteiger partial charge in [0.05, 0.1) is 0 Å². The van der Waals surface area contributed by atoms with E-state index in [2.05, 4.69) is 4.99 Å². The SMILES string of the molecule is N#C/C(N)=C(\C#N)N=Cc1cccc(Oc2ccccc2)c1. The lowest BCUT2D eigenvalue weighted by Crippen LogP contribution is -1.97. The minimum atomic E-state index is -0.213. The van der Waals surface area contributed by atoms with E-state index in [1.165, 1.54) is 6.21 Å². The van der Waals surface area contributed by atoms with Crippen LogP contribution in [0.3, 0.4) is 0 Å². The van der Waals surface area contributed by atoms with Crippen LogP contribution in [0.1, 0.15) is 5.56 Å². The molecule has 0 atom stereocenters. The molecule has 0 saturated heterocycles. The summed E-state index contributed by atoms with van der Waals surface area (Å²) in [5, 5.41) is 17.5. The van der Waals surface area contributed by atoms with Crippen LogP contribution in [0.15, 0.2) is 71.0 Å². The molecule has 2 aromatic rings. The van der Waals surface area contributed by atoms with Gasteiger partial charge in [-0.2, -0.15) is 10.5 Å². The Morgan fingerprint density at radius 2 is 1.73 bits per heavy atom. The summed E-state index contributed by atoms with van der Waals surface area (Å²) in [4.78, 5) is 3.92. The summed E-state index contributed by atoms with van der Waals surface area (Å²) in [6.07, 6.45) is 1.46. The van der Waals surface area contributed by atoms with E-state index in [1.807, 2.05) is 42.5 Å². The summed E-state index contributed by atoms with van der Waals surface area (Å²) >= 11 is 0. The van der Waals surface area contributed by atoms with Crippen molar-refractivity contribution in [1.29, 1.82) is 10.5 Å². The summed E-state index contributed by atoms with van der Waals surface area (Å²) in [7, 11) is 0. The Morgan fingerprint density at radius 1 is 1.00 bits per heavy atom. The molecule has 5 heteroatoms. The summed E-state index contributed by atoms with van der Waals surface area (Å²) in [6.45, 7) is 0. The molecule has 0 amide bonds. The third-order valence-electron chi connectivity index (χ3n) is 2.66. The third kappa shape index (κ3) is 3.96. The topological polar surface area (TPSA) is 95.2 Å². The number of rotatable bonds is 4. The zero-order valence-electron chi connectivity index (χ0n) is 11.6. The second-order valence-electron chi connectivity index (χ2n) is 4.23. The van der Waals surface area contributed by atoms with Crippen molar-refractivity contribution in [3.63, 3.8) is 0 Å². The number of nitriles is 2. The molecule has 5 nitrogen and oxygen atoms in total. The maximum absolute atomic E-state index is 8.88. The van der Waals surface area contributed by atoms with Crippen LogP contribution in [-0.2, 0) is 0 Å². The molecule has 0 radical (unpaired) electrons. The first kappa shape index (κ1) is 14.8. The van der Waals surface area contributed by atoms with Gasteiger partial charge in [0.15, 0.2) is 5.70 Å². The number of ether oxygens (including phenoxy) is 1. The largest absolute Gasteiger partial charge is 0.457 e. The second-order valence-corrected chi connectivity index (χ2v) is 4.23. The summed E-state index contributed by atoms with van der Waals surface area (Å²) < 4.78 is 5.71. The monoisotopic (exact) mass is 288 g/mol. The van der Waals surface area contributed by atoms with Gasteiger partial charge in [-0.1, -0.05) is 30.3 Å². The number of hydrogen-bond donors (Lipinski definition) is 1. The van der Waals surface area contributed by atoms with Gasteiger partial charge in [0.2, 0.25) is 0 Å². The molecular weight excluding hydrogens is 276 g/mol. The number of nitrogens with two attached hydrogens (primary N) is 1. The summed E-state index contributed by atoms with van der Waals surface area (Å²) in [5.41, 5.74) is 5.78. The normalized spacial score (nSPS) is 11.4. The minimum Gasteiger partial charge on any atom is -0.457 e. The van der Waals surface area contributed by atoms with Gasteiger partial charge in [-0.25, -0.2) is 4.99 Å². The molecule has 0 aliphatic rings. The number of allylic oxidation sites excluding steroid dienone is 2. The molecular formula is C17H12N4O. The summed E-state index contributed by atoms with van der Waals surface area (Å²) in [5.74, 6) is 1.37. The molecule has 0 aliphatic carbocycles. The smallest absolute Gasteiger partial charge is 0.174 e. The first-order valence-electron chi connectivity index (χ1n) is 6.40. The molecule has 0 aromatic heterocycles. The van der Waals surface area contributed by atoms with Crippen LogP contribution >= 0.6 is 0 Å². The molecule has 0 fully saturated rings. The molecule has 106 valence electrons. The zero-order chi connectivity index (χ0) is 15.8. The van der Waals surface area contributed by atoms with Crippen molar-refractivity contribution >= 4 is 6.21 Å². The van der Waals surface area contributed by atoms with E-state index < -0.39 is 0 Å². The van der Waals surface area contributed by atoms with E-state index in [0.29, 0.717) is 5.75 Å². The van der Waals surface area contributed by atoms with Gasteiger partial charge >= 0.3 is 0 Å². The predicted octanol–water partition coefficient (Wildman–Crippen LogP) is 3.12. The Kier molecular flexibility index (Phi) is 4.90. The van der Waals surface area contributed by atoms with Crippen LogP contribution in [0, 0.1) is 22.7 Å². The molecule has 0 aliphatic heterocycles. The van der Waals surface area contributed by atoms with E-state index in [1.54, 1.807) is 24.3 Å². The highest BCUT2D eigenvalue weighted by Crippen LogP contribution is 2.21. The Balaban J connectivity index is 2.19. The molecule has 2 aromatic carbocycles. The van der Waals surface area contributed by atoms with Crippen molar-refractivity contribution in [3.8, 4) is 23.6 Å². The zero-order valence-corrected chi connectivity index (χ0v) is 11.6. The van der Waals surface area contributed by atoms with E-state index >= 15 is 0 Å². The van der Waals surface area contributed by atoms with Crippen LogP contribution < -0.4 is 10.5 Å². The Hall–Kier alpha value is -3.57. The quantitative estimate of drug-likeness (QED) is 0.690. The van der Waals surface area contributed by atoms with Gasteiger partial charge in [0.1, 0.15) is 29.3 Å². The lowest BCUT2D eigenvalue weighted by molar-refractivity contribution is 0.482. The fraction of sp³-hybridized carbons (Fsp3) is 0. The van der Waals surface area contributed by atoms with Crippen molar-refractivity contribution in [3.05, 3.63) is 71.6 Å². The molecule has 2 rings (SSSR count). The molecule has 22 heavy (non-hydrogen) atoms. The van der Waals surface area contributed by atoms with E-state index in [4.69, 9.17) is 21.0 Å². The number of nitrogens with zero attached hydrogens (tertiary/aromatic N) is 3. The van der Waals surface area contributed by atoms with Crippen LogP contribution in [0.4, 0.5) is 0 Å². The maximum atomic E-state index is 8.88. The van der Waals surface area contributed by atoms with Crippen molar-refractivity contribution in [2.45, 2.75) is 0 Å². The Bertz CT molecular complexity index is 795. The second kappa shape index (κ2) is 7.28. The molecule has 0 unspecified atom stereocenters.